The van der Waals surface area contributed by atoms with E-state index in [9.17, 15) is 0 Å². The van der Waals surface area contributed by atoms with Crippen LogP contribution < -0.4 is 5.32 Å². The Bertz CT molecular complexity index is 307. The molecular weight excluding hydrogens is 228 g/mol. The molecule has 0 bridgehead atoms. The number of nitrogens with one attached hydrogen (secondary N) is 1. The van der Waals surface area contributed by atoms with Crippen LogP contribution in [0.5, 0.6) is 0 Å². The van der Waals surface area contributed by atoms with Gasteiger partial charge in [-0.25, -0.2) is 0 Å². The molecule has 1 aromatic heterocycles. The van der Waals surface area contributed by atoms with Crippen molar-refractivity contribution in [3.8, 4) is 0 Å². The van der Waals surface area contributed by atoms with E-state index in [1.807, 2.05) is 11.4 Å². The second-order valence-corrected chi connectivity index (χ2v) is 5.97. The van der Waals surface area contributed by atoms with Gasteiger partial charge in [0.2, 0.25) is 0 Å². The van der Waals surface area contributed by atoms with E-state index in [0.29, 0.717) is 0 Å². The van der Waals surface area contributed by atoms with Gasteiger partial charge in [0, 0.05) is 28.9 Å². The Balaban J connectivity index is 2.33. The van der Waals surface area contributed by atoms with Gasteiger partial charge in [-0.15, -0.1) is 11.3 Å². The van der Waals surface area contributed by atoms with Crippen LogP contribution in [0.4, 0.5) is 0 Å². The molecule has 0 saturated carbocycles. The lowest BCUT2D eigenvalue weighted by atomic mass is 10.0. The standard InChI is InChI=1S/C11H19ClN2S/c1-11(2,14(3)4)8-13-6-10-5-9(12)7-15-10/h5,7,13H,6,8H2,1-4H3. The maximum atomic E-state index is 5.85. The van der Waals surface area contributed by atoms with Crippen molar-refractivity contribution in [1.29, 1.82) is 0 Å². The van der Waals surface area contributed by atoms with E-state index in [0.717, 1.165) is 18.1 Å². The molecule has 4 heteroatoms. The Morgan fingerprint density at radius 2 is 2.13 bits per heavy atom. The van der Waals surface area contributed by atoms with Crippen molar-refractivity contribution in [2.24, 2.45) is 0 Å². The normalized spacial score (nSPS) is 12.4. The third-order valence-corrected chi connectivity index (χ3v) is 3.97. The van der Waals surface area contributed by atoms with E-state index in [2.05, 4.69) is 38.2 Å². The zero-order valence-corrected chi connectivity index (χ0v) is 11.4. The molecule has 1 rings (SSSR count). The van der Waals surface area contributed by atoms with Gasteiger partial charge in [-0.1, -0.05) is 11.6 Å². The quantitative estimate of drug-likeness (QED) is 0.860. The zero-order valence-electron chi connectivity index (χ0n) is 9.80. The molecule has 1 heterocycles. The molecular formula is C11H19ClN2S. The molecule has 0 fully saturated rings. The van der Waals surface area contributed by atoms with Crippen LogP contribution in [0.15, 0.2) is 11.4 Å². The fourth-order valence-corrected chi connectivity index (χ4v) is 2.14. The van der Waals surface area contributed by atoms with Crippen molar-refractivity contribution >= 4 is 22.9 Å². The van der Waals surface area contributed by atoms with Crippen molar-refractivity contribution < 1.29 is 0 Å². The van der Waals surface area contributed by atoms with E-state index in [4.69, 9.17) is 11.6 Å². The molecule has 0 radical (unpaired) electrons. The highest BCUT2D eigenvalue weighted by Crippen LogP contribution is 2.19. The molecule has 0 amide bonds. The van der Waals surface area contributed by atoms with Crippen molar-refractivity contribution in [3.05, 3.63) is 21.3 Å². The number of hydrogen-bond donors (Lipinski definition) is 1. The molecule has 1 aromatic rings. The largest absolute Gasteiger partial charge is 0.310 e. The SMILES string of the molecule is CN(C)C(C)(C)CNCc1cc(Cl)cs1. The average Bonchev–Trinajstić information content (AvgIpc) is 2.51. The molecule has 1 N–H and O–H groups in total. The fourth-order valence-electron chi connectivity index (χ4n) is 1.10. The second kappa shape index (κ2) is 5.30. The van der Waals surface area contributed by atoms with Gasteiger partial charge in [0.15, 0.2) is 0 Å². The van der Waals surface area contributed by atoms with Crippen LogP contribution in [0.3, 0.4) is 0 Å². The number of likely N-dealkylation sites (N-methyl/N-ethyl adjacent to an activating group) is 1. The first kappa shape index (κ1) is 13.0. The average molecular weight is 247 g/mol. The van der Waals surface area contributed by atoms with Gasteiger partial charge < -0.3 is 10.2 Å². The van der Waals surface area contributed by atoms with Gasteiger partial charge in [-0.3, -0.25) is 0 Å². The molecule has 15 heavy (non-hydrogen) atoms. The van der Waals surface area contributed by atoms with E-state index in [1.165, 1.54) is 4.88 Å². The molecule has 2 nitrogen and oxygen atoms in total. The number of nitrogens with zero attached hydrogens (tertiary/aromatic N) is 1. The van der Waals surface area contributed by atoms with Gasteiger partial charge in [-0.05, 0) is 34.0 Å². The fraction of sp³-hybridized carbons (Fsp3) is 0.636. The number of rotatable bonds is 5. The van der Waals surface area contributed by atoms with Crippen molar-refractivity contribution in [2.75, 3.05) is 20.6 Å². The summed E-state index contributed by atoms with van der Waals surface area (Å²) in [5.41, 5.74) is 0.182. The van der Waals surface area contributed by atoms with Crippen molar-refractivity contribution in [1.82, 2.24) is 10.2 Å². The highest BCUT2D eigenvalue weighted by molar-refractivity contribution is 7.10. The lowest BCUT2D eigenvalue weighted by Crippen LogP contribution is -2.46. The predicted octanol–water partition coefficient (Wildman–Crippen LogP) is 2.83. The van der Waals surface area contributed by atoms with Crippen LogP contribution in [-0.4, -0.2) is 31.1 Å². The van der Waals surface area contributed by atoms with Crippen LogP contribution in [-0.2, 0) is 6.54 Å². The van der Waals surface area contributed by atoms with Crippen molar-refractivity contribution in [2.45, 2.75) is 25.9 Å². The summed E-state index contributed by atoms with van der Waals surface area (Å²) < 4.78 is 0. The topological polar surface area (TPSA) is 15.3 Å². The molecule has 0 aliphatic heterocycles. The van der Waals surface area contributed by atoms with Crippen LogP contribution in [0.1, 0.15) is 18.7 Å². The van der Waals surface area contributed by atoms with E-state index >= 15 is 0 Å². The van der Waals surface area contributed by atoms with Gasteiger partial charge in [0.25, 0.3) is 0 Å². The lowest BCUT2D eigenvalue weighted by molar-refractivity contribution is 0.190. The van der Waals surface area contributed by atoms with E-state index in [-0.39, 0.29) is 5.54 Å². The first-order valence-corrected chi connectivity index (χ1v) is 6.28. The van der Waals surface area contributed by atoms with Crippen LogP contribution >= 0.6 is 22.9 Å². The van der Waals surface area contributed by atoms with Crippen LogP contribution in [0.25, 0.3) is 0 Å². The summed E-state index contributed by atoms with van der Waals surface area (Å²) in [6.07, 6.45) is 0. The monoisotopic (exact) mass is 246 g/mol. The van der Waals surface area contributed by atoms with Crippen LogP contribution in [0, 0.1) is 0 Å². The lowest BCUT2D eigenvalue weighted by Gasteiger charge is -2.32. The minimum Gasteiger partial charge on any atom is -0.310 e. The molecule has 0 atom stereocenters. The Kier molecular flexibility index (Phi) is 4.59. The van der Waals surface area contributed by atoms with Gasteiger partial charge in [-0.2, -0.15) is 0 Å². The summed E-state index contributed by atoms with van der Waals surface area (Å²) in [5, 5.41) is 6.25. The summed E-state index contributed by atoms with van der Waals surface area (Å²) in [4.78, 5) is 3.51. The Morgan fingerprint density at radius 3 is 2.60 bits per heavy atom. The molecule has 86 valence electrons. The zero-order chi connectivity index (χ0) is 11.5. The molecule has 0 saturated heterocycles. The molecule has 0 aromatic carbocycles. The molecule has 0 spiro atoms. The summed E-state index contributed by atoms with van der Waals surface area (Å²) in [6, 6.07) is 2.02. The Hall–Kier alpha value is -0.0900. The van der Waals surface area contributed by atoms with Gasteiger partial charge in [0.05, 0.1) is 5.02 Å². The first-order valence-electron chi connectivity index (χ1n) is 5.03. The second-order valence-electron chi connectivity index (χ2n) is 4.54. The minimum atomic E-state index is 0.182. The highest BCUT2D eigenvalue weighted by atomic mass is 35.5. The number of thiophene rings is 1. The first-order chi connectivity index (χ1) is 6.92. The van der Waals surface area contributed by atoms with Crippen LogP contribution in [0.2, 0.25) is 5.02 Å². The highest BCUT2D eigenvalue weighted by Gasteiger charge is 2.19. The third-order valence-electron chi connectivity index (χ3n) is 2.69. The summed E-state index contributed by atoms with van der Waals surface area (Å²) >= 11 is 7.55. The molecule has 0 aliphatic rings. The van der Waals surface area contributed by atoms with E-state index < -0.39 is 0 Å². The number of hydrogen-bond acceptors (Lipinski definition) is 3. The Labute approximate surface area is 101 Å². The van der Waals surface area contributed by atoms with Gasteiger partial charge >= 0.3 is 0 Å². The molecule has 0 unspecified atom stereocenters. The van der Waals surface area contributed by atoms with Gasteiger partial charge in [0.1, 0.15) is 0 Å². The predicted molar refractivity (Wildman–Crippen MR) is 68.8 cm³/mol. The summed E-state index contributed by atoms with van der Waals surface area (Å²) in [6.45, 7) is 6.31. The molecule has 0 aliphatic carbocycles. The third kappa shape index (κ3) is 4.11. The minimum absolute atomic E-state index is 0.182. The Morgan fingerprint density at radius 1 is 1.47 bits per heavy atom. The maximum Gasteiger partial charge on any atom is 0.0516 e. The maximum absolute atomic E-state index is 5.85. The summed E-state index contributed by atoms with van der Waals surface area (Å²) in [7, 11) is 4.20. The number of halogens is 1. The van der Waals surface area contributed by atoms with E-state index in [1.54, 1.807) is 11.3 Å². The summed E-state index contributed by atoms with van der Waals surface area (Å²) in [5.74, 6) is 0. The smallest absolute Gasteiger partial charge is 0.0516 e. The van der Waals surface area contributed by atoms with Crippen molar-refractivity contribution in [3.63, 3.8) is 0 Å².